The van der Waals surface area contributed by atoms with Gasteiger partial charge in [0.05, 0.1) is 6.67 Å². The summed E-state index contributed by atoms with van der Waals surface area (Å²) in [5, 5.41) is 0. The highest BCUT2D eigenvalue weighted by atomic mass is 19.1. The lowest BCUT2D eigenvalue weighted by Crippen LogP contribution is -2.03. The molecule has 1 nitrogen and oxygen atoms in total. The van der Waals surface area contributed by atoms with Gasteiger partial charge in [0.15, 0.2) is 0 Å². The second-order valence-corrected chi connectivity index (χ2v) is 3.77. The van der Waals surface area contributed by atoms with Crippen LogP contribution in [0.4, 0.5) is 10.1 Å². The maximum Gasteiger partial charge on any atom is 0.0965 e. The van der Waals surface area contributed by atoms with Crippen LogP contribution in [0.1, 0.15) is 24.3 Å². The van der Waals surface area contributed by atoms with Crippen molar-refractivity contribution in [3.05, 3.63) is 29.8 Å². The monoisotopic (exact) mass is 179 g/mol. The number of hydrogen-bond acceptors (Lipinski definition) is 1. The van der Waals surface area contributed by atoms with Crippen LogP contribution in [-0.4, -0.2) is 6.67 Å². The fourth-order valence-corrected chi connectivity index (χ4v) is 1.78. The highest BCUT2D eigenvalue weighted by molar-refractivity contribution is 5.42. The van der Waals surface area contributed by atoms with Crippen LogP contribution >= 0.6 is 0 Å². The number of nitrogen functional groups attached to an aromatic ring is 1. The molecule has 0 aromatic heterocycles. The topological polar surface area (TPSA) is 26.0 Å². The Balaban J connectivity index is 2.21. The van der Waals surface area contributed by atoms with Crippen LogP contribution in [0.25, 0.3) is 0 Å². The number of nitrogens with two attached hydrogens (primary N) is 1. The summed E-state index contributed by atoms with van der Waals surface area (Å²) in [5.74, 6) is 0.648. The van der Waals surface area contributed by atoms with Gasteiger partial charge in [0.1, 0.15) is 0 Å². The van der Waals surface area contributed by atoms with Gasteiger partial charge in [0.2, 0.25) is 0 Å². The predicted molar refractivity (Wildman–Crippen MR) is 52.3 cm³/mol. The summed E-state index contributed by atoms with van der Waals surface area (Å²) < 4.78 is 12.7. The molecule has 0 radical (unpaired) electrons. The summed E-state index contributed by atoms with van der Waals surface area (Å²) in [4.78, 5) is 0. The summed E-state index contributed by atoms with van der Waals surface area (Å²) in [6.45, 7) is -0.256. The molecular weight excluding hydrogens is 165 g/mol. The molecule has 0 aliphatic heterocycles. The molecule has 1 aromatic carbocycles. The Morgan fingerprint density at radius 2 is 2.23 bits per heavy atom. The van der Waals surface area contributed by atoms with Crippen molar-refractivity contribution in [2.24, 2.45) is 5.92 Å². The smallest absolute Gasteiger partial charge is 0.0965 e. The highest BCUT2D eigenvalue weighted by Crippen LogP contribution is 2.42. The number of halogens is 1. The molecule has 2 rings (SSSR count). The van der Waals surface area contributed by atoms with Crippen LogP contribution < -0.4 is 5.73 Å². The number of hydrogen-bond donors (Lipinski definition) is 1. The normalized spacial score (nSPS) is 18.5. The van der Waals surface area contributed by atoms with Crippen molar-refractivity contribution in [3.63, 3.8) is 0 Å². The average Bonchev–Trinajstić information content (AvgIpc) is 2.90. The molecule has 0 spiro atoms. The number of anilines is 1. The zero-order chi connectivity index (χ0) is 9.26. The van der Waals surface area contributed by atoms with Gasteiger partial charge in [-0.15, -0.1) is 0 Å². The number of alkyl halides is 1. The van der Waals surface area contributed by atoms with Crippen LogP contribution in [0.3, 0.4) is 0 Å². The van der Waals surface area contributed by atoms with E-state index in [2.05, 4.69) is 0 Å². The molecule has 1 aliphatic carbocycles. The first-order chi connectivity index (χ1) is 6.31. The lowest BCUT2D eigenvalue weighted by molar-refractivity contribution is 0.404. The molecule has 0 saturated heterocycles. The number of benzene rings is 1. The van der Waals surface area contributed by atoms with Gasteiger partial charge < -0.3 is 5.73 Å². The summed E-state index contributed by atoms with van der Waals surface area (Å²) in [5.41, 5.74) is 7.44. The quantitative estimate of drug-likeness (QED) is 0.709. The Kier molecular flexibility index (Phi) is 2.21. The van der Waals surface area contributed by atoms with Crippen molar-refractivity contribution in [1.82, 2.24) is 0 Å². The molecule has 1 saturated carbocycles. The van der Waals surface area contributed by atoms with Gasteiger partial charge in [0.25, 0.3) is 0 Å². The van der Waals surface area contributed by atoms with E-state index >= 15 is 0 Å². The van der Waals surface area contributed by atoms with Crippen molar-refractivity contribution < 1.29 is 4.39 Å². The third-order valence-electron chi connectivity index (χ3n) is 2.70. The van der Waals surface area contributed by atoms with E-state index in [1.165, 1.54) is 12.8 Å². The van der Waals surface area contributed by atoms with E-state index in [1.54, 1.807) is 0 Å². The Hall–Kier alpha value is -1.05. The summed E-state index contributed by atoms with van der Waals surface area (Å²) in [6, 6.07) is 7.60. The lowest BCUT2D eigenvalue weighted by atomic mass is 9.95. The Morgan fingerprint density at radius 3 is 2.77 bits per heavy atom. The maximum atomic E-state index is 12.7. The van der Waals surface area contributed by atoms with Crippen LogP contribution in [0.15, 0.2) is 24.3 Å². The summed E-state index contributed by atoms with van der Waals surface area (Å²) in [7, 11) is 0. The Morgan fingerprint density at radius 1 is 1.46 bits per heavy atom. The molecule has 1 fully saturated rings. The van der Waals surface area contributed by atoms with E-state index in [1.807, 2.05) is 24.3 Å². The maximum absolute atomic E-state index is 12.7. The minimum atomic E-state index is -0.256. The van der Waals surface area contributed by atoms with Gasteiger partial charge in [-0.2, -0.15) is 0 Å². The SMILES string of the molecule is Nc1cccc(C(CF)C2CC2)c1. The molecule has 70 valence electrons. The van der Waals surface area contributed by atoms with Gasteiger partial charge >= 0.3 is 0 Å². The molecule has 1 atom stereocenters. The minimum absolute atomic E-state index is 0.0866. The fourth-order valence-electron chi connectivity index (χ4n) is 1.78. The molecule has 1 aromatic rings. The van der Waals surface area contributed by atoms with Crippen LogP contribution in [0, 0.1) is 5.92 Å². The van der Waals surface area contributed by atoms with Crippen LogP contribution in [-0.2, 0) is 0 Å². The third kappa shape index (κ3) is 1.82. The van der Waals surface area contributed by atoms with Crippen molar-refractivity contribution in [2.75, 3.05) is 12.4 Å². The first kappa shape index (κ1) is 8.54. The van der Waals surface area contributed by atoms with Gasteiger partial charge in [-0.05, 0) is 36.5 Å². The lowest BCUT2D eigenvalue weighted by Gasteiger charge is -2.12. The van der Waals surface area contributed by atoms with E-state index in [0.29, 0.717) is 5.92 Å². The van der Waals surface area contributed by atoms with Crippen LogP contribution in [0.5, 0.6) is 0 Å². The second-order valence-electron chi connectivity index (χ2n) is 3.77. The van der Waals surface area contributed by atoms with Crippen molar-refractivity contribution in [1.29, 1.82) is 0 Å². The van der Waals surface area contributed by atoms with E-state index in [-0.39, 0.29) is 12.6 Å². The summed E-state index contributed by atoms with van der Waals surface area (Å²) >= 11 is 0. The Labute approximate surface area is 77.8 Å². The molecular formula is C11H14FN. The van der Waals surface area contributed by atoms with Crippen molar-refractivity contribution in [3.8, 4) is 0 Å². The van der Waals surface area contributed by atoms with Crippen molar-refractivity contribution >= 4 is 5.69 Å². The molecule has 2 heteroatoms. The average molecular weight is 179 g/mol. The molecule has 0 amide bonds. The first-order valence-electron chi connectivity index (χ1n) is 4.72. The Bertz CT molecular complexity index is 294. The van der Waals surface area contributed by atoms with E-state index in [9.17, 15) is 4.39 Å². The largest absolute Gasteiger partial charge is 0.399 e. The summed E-state index contributed by atoms with van der Waals surface area (Å²) in [6.07, 6.45) is 2.34. The third-order valence-corrected chi connectivity index (χ3v) is 2.70. The minimum Gasteiger partial charge on any atom is -0.399 e. The molecule has 1 unspecified atom stereocenters. The molecule has 0 bridgehead atoms. The van der Waals surface area contributed by atoms with Crippen molar-refractivity contribution in [2.45, 2.75) is 18.8 Å². The van der Waals surface area contributed by atoms with E-state index in [0.717, 1.165) is 11.3 Å². The highest BCUT2D eigenvalue weighted by Gasteiger charge is 2.32. The van der Waals surface area contributed by atoms with Crippen LogP contribution in [0.2, 0.25) is 0 Å². The molecule has 1 aliphatic rings. The van der Waals surface area contributed by atoms with Gasteiger partial charge in [-0.3, -0.25) is 4.39 Å². The van der Waals surface area contributed by atoms with E-state index < -0.39 is 0 Å². The van der Waals surface area contributed by atoms with E-state index in [4.69, 9.17) is 5.73 Å². The standard InChI is InChI=1S/C11H14FN/c12-7-11(8-4-5-8)9-2-1-3-10(13)6-9/h1-3,6,8,11H,4-5,7,13H2. The zero-order valence-corrected chi connectivity index (χ0v) is 7.54. The zero-order valence-electron chi connectivity index (χ0n) is 7.54. The molecule has 0 heterocycles. The fraction of sp³-hybridized carbons (Fsp3) is 0.455. The van der Waals surface area contributed by atoms with Gasteiger partial charge in [-0.1, -0.05) is 12.1 Å². The number of rotatable bonds is 3. The first-order valence-corrected chi connectivity index (χ1v) is 4.72. The predicted octanol–water partition coefficient (Wildman–Crippen LogP) is 2.73. The van der Waals surface area contributed by atoms with Gasteiger partial charge in [-0.25, -0.2) is 0 Å². The van der Waals surface area contributed by atoms with Gasteiger partial charge in [0, 0.05) is 11.6 Å². The molecule has 2 N–H and O–H groups in total. The molecule has 13 heavy (non-hydrogen) atoms. The second kappa shape index (κ2) is 3.36.